The van der Waals surface area contributed by atoms with Gasteiger partial charge in [0.1, 0.15) is 48.5 Å². The Morgan fingerprint density at radius 3 is 1.30 bits per heavy atom. The third-order valence-electron chi connectivity index (χ3n) is 12.3. The maximum atomic E-state index is 12.4. The van der Waals surface area contributed by atoms with E-state index in [1.807, 2.05) is 85.8 Å². The Hall–Kier alpha value is -8.34. The number of hydrogen-bond donors (Lipinski definition) is 2. The Bertz CT molecular complexity index is 3180. The third-order valence-corrected chi connectivity index (χ3v) is 12.6. The van der Waals surface area contributed by atoms with Crippen molar-refractivity contribution in [3.63, 3.8) is 0 Å². The van der Waals surface area contributed by atoms with Crippen LogP contribution in [0.1, 0.15) is 66.9 Å². The standard InChI is InChI=1S/C59H49ClN6O4/c1-39-54(64-63-53-29-12-11-28-52(53)60)59(65-61-39)66-62-51-34-49-32-47-26-14-24-45(57(47)69-37-41-18-7-3-8-19-41)30-43-22-13-23-44(56(43)68-36-40-16-5-2-6-17-40)31-46-25-15-27-48(33-50(35-51)55(49)67)58(46)70-38-42-20-9-4-10-21-42/h2-29,34-35,67H,30-33,36-38H2,1H3,(H,61,65). The average molecular weight is 942 g/mol. The van der Waals surface area contributed by atoms with E-state index in [0.717, 1.165) is 67.3 Å². The number of hydrogen-bond acceptors (Lipinski definition) is 9. The molecule has 0 atom stereocenters. The molecule has 10 rings (SSSR count). The third kappa shape index (κ3) is 10.7. The number of nitrogens with zero attached hydrogens (tertiary/aromatic N) is 5. The van der Waals surface area contributed by atoms with E-state index in [9.17, 15) is 5.11 Å². The van der Waals surface area contributed by atoms with Crippen molar-refractivity contribution >= 4 is 34.5 Å². The van der Waals surface area contributed by atoms with Crippen LogP contribution in [0.3, 0.4) is 0 Å². The fourth-order valence-electron chi connectivity index (χ4n) is 8.73. The largest absolute Gasteiger partial charge is 0.507 e. The van der Waals surface area contributed by atoms with Gasteiger partial charge in [-0.2, -0.15) is 5.10 Å². The average Bonchev–Trinajstić information content (AvgIpc) is 3.74. The van der Waals surface area contributed by atoms with Gasteiger partial charge in [-0.25, -0.2) is 0 Å². The molecule has 0 spiro atoms. The number of H-pyrrole nitrogens is 1. The molecule has 2 N–H and O–H groups in total. The first-order valence-electron chi connectivity index (χ1n) is 23.2. The van der Waals surface area contributed by atoms with E-state index in [0.29, 0.717) is 84.4 Å². The first-order chi connectivity index (χ1) is 34.4. The lowest BCUT2D eigenvalue weighted by Crippen LogP contribution is -2.08. The molecule has 0 saturated heterocycles. The molecule has 1 aromatic heterocycles. The maximum Gasteiger partial charge on any atom is 0.223 e. The molecular weight excluding hydrogens is 892 g/mol. The number of fused-ring (bicyclic) bond motifs is 8. The predicted molar refractivity (Wildman–Crippen MR) is 274 cm³/mol. The molecule has 0 saturated carbocycles. The molecule has 0 unspecified atom stereocenters. The van der Waals surface area contributed by atoms with Crippen LogP contribution >= 0.6 is 11.6 Å². The number of aromatic amines is 1. The number of halogens is 1. The summed E-state index contributed by atoms with van der Waals surface area (Å²) in [6.45, 7) is 2.96. The molecule has 70 heavy (non-hydrogen) atoms. The fourth-order valence-corrected chi connectivity index (χ4v) is 8.90. The van der Waals surface area contributed by atoms with Crippen molar-refractivity contribution in [2.24, 2.45) is 20.5 Å². The van der Waals surface area contributed by atoms with Crippen molar-refractivity contribution in [1.29, 1.82) is 0 Å². The van der Waals surface area contributed by atoms with Crippen molar-refractivity contribution in [3.05, 3.63) is 254 Å². The van der Waals surface area contributed by atoms with Crippen molar-refractivity contribution in [1.82, 2.24) is 10.2 Å². The first-order valence-corrected chi connectivity index (χ1v) is 23.6. The van der Waals surface area contributed by atoms with E-state index in [2.05, 4.69) is 117 Å². The van der Waals surface area contributed by atoms with Gasteiger partial charge < -0.3 is 19.3 Å². The number of phenolic OH excluding ortho intramolecular Hbond substituents is 1. The van der Waals surface area contributed by atoms with E-state index >= 15 is 0 Å². The lowest BCUT2D eigenvalue weighted by molar-refractivity contribution is 0.295. The van der Waals surface area contributed by atoms with Gasteiger partial charge in [0.2, 0.25) is 5.82 Å². The zero-order valence-electron chi connectivity index (χ0n) is 38.6. The molecule has 0 fully saturated rings. The number of aryl methyl sites for hydroxylation is 1. The minimum Gasteiger partial charge on any atom is -0.507 e. The number of aromatic hydroxyl groups is 1. The van der Waals surface area contributed by atoms with Gasteiger partial charge in [0.15, 0.2) is 5.69 Å². The van der Waals surface area contributed by atoms with Crippen LogP contribution in [0.15, 0.2) is 202 Å². The molecule has 0 amide bonds. The van der Waals surface area contributed by atoms with E-state index < -0.39 is 0 Å². The number of rotatable bonds is 13. The number of aromatic nitrogens is 2. The van der Waals surface area contributed by atoms with E-state index in [1.165, 1.54) is 0 Å². The van der Waals surface area contributed by atoms with Crippen molar-refractivity contribution < 1.29 is 19.3 Å². The summed E-state index contributed by atoms with van der Waals surface area (Å²) in [7, 11) is 0. The molecule has 11 heteroatoms. The van der Waals surface area contributed by atoms with Crippen LogP contribution in [-0.2, 0) is 45.5 Å². The zero-order valence-corrected chi connectivity index (χ0v) is 39.3. The minimum atomic E-state index is 0.150. The van der Waals surface area contributed by atoms with Gasteiger partial charge in [0, 0.05) is 36.8 Å². The summed E-state index contributed by atoms with van der Waals surface area (Å²) in [6, 6.07) is 60.3. The smallest absolute Gasteiger partial charge is 0.223 e. The molecular formula is C59H49ClN6O4. The molecule has 1 aliphatic carbocycles. The molecule has 8 aromatic carbocycles. The highest BCUT2D eigenvalue weighted by atomic mass is 35.5. The molecule has 0 aliphatic heterocycles. The molecule has 1 heterocycles. The van der Waals surface area contributed by atoms with Gasteiger partial charge in [-0.15, -0.1) is 20.5 Å². The van der Waals surface area contributed by atoms with Gasteiger partial charge in [-0.1, -0.05) is 169 Å². The number of ether oxygens (including phenoxy) is 3. The predicted octanol–water partition coefficient (Wildman–Crippen LogP) is 15.3. The van der Waals surface area contributed by atoms with Gasteiger partial charge >= 0.3 is 0 Å². The van der Waals surface area contributed by atoms with Crippen LogP contribution in [0.25, 0.3) is 0 Å². The topological polar surface area (TPSA) is 126 Å². The lowest BCUT2D eigenvalue weighted by atomic mass is 9.91. The Labute approximate surface area is 412 Å². The second-order valence-corrected chi connectivity index (χ2v) is 17.6. The van der Waals surface area contributed by atoms with Crippen LogP contribution in [0.4, 0.5) is 22.9 Å². The number of phenols is 1. The van der Waals surface area contributed by atoms with Crippen LogP contribution < -0.4 is 14.2 Å². The Morgan fingerprint density at radius 2 is 0.871 bits per heavy atom. The Kier molecular flexibility index (Phi) is 13.8. The SMILES string of the molecule is Cc1[nH]nc(N=Nc2cc3c(O)c(c2)Cc2cccc(c2OCc2ccccc2)Cc2cccc(c2OCc2ccccc2)Cc2cccc(c2OCc2ccccc2)C3)c1N=Nc1ccccc1Cl. The number of azo groups is 2. The van der Waals surface area contributed by atoms with Crippen molar-refractivity contribution in [3.8, 4) is 23.0 Å². The van der Waals surface area contributed by atoms with E-state index in [-0.39, 0.29) is 11.6 Å². The van der Waals surface area contributed by atoms with Crippen LogP contribution in [0.5, 0.6) is 23.0 Å². The van der Waals surface area contributed by atoms with E-state index in [4.69, 9.17) is 30.9 Å². The van der Waals surface area contributed by atoms with Crippen molar-refractivity contribution in [2.75, 3.05) is 0 Å². The van der Waals surface area contributed by atoms with Gasteiger partial charge in [-0.05, 0) is 81.3 Å². The Morgan fingerprint density at radius 1 is 0.471 bits per heavy atom. The van der Waals surface area contributed by atoms with E-state index in [1.54, 1.807) is 12.1 Å². The normalized spacial score (nSPS) is 12.3. The quantitative estimate of drug-likeness (QED) is 0.111. The molecule has 1 aliphatic rings. The van der Waals surface area contributed by atoms with Gasteiger partial charge in [0.25, 0.3) is 0 Å². The zero-order chi connectivity index (χ0) is 47.7. The maximum absolute atomic E-state index is 12.4. The highest BCUT2D eigenvalue weighted by Gasteiger charge is 2.22. The number of para-hydroxylation sites is 3. The monoisotopic (exact) mass is 940 g/mol. The summed E-state index contributed by atoms with van der Waals surface area (Å²) < 4.78 is 20.6. The number of benzene rings is 8. The van der Waals surface area contributed by atoms with Crippen LogP contribution in [0, 0.1) is 6.92 Å². The lowest BCUT2D eigenvalue weighted by Gasteiger charge is -2.22. The molecule has 346 valence electrons. The van der Waals surface area contributed by atoms with Crippen molar-refractivity contribution in [2.45, 2.75) is 52.4 Å². The molecule has 0 radical (unpaired) electrons. The highest BCUT2D eigenvalue weighted by Crippen LogP contribution is 2.41. The second-order valence-electron chi connectivity index (χ2n) is 17.2. The summed E-state index contributed by atoms with van der Waals surface area (Å²) >= 11 is 6.39. The fraction of sp³-hybridized carbons (Fsp3) is 0.136. The Balaban J connectivity index is 1.11. The van der Waals surface area contributed by atoms with Crippen LogP contribution in [-0.4, -0.2) is 15.3 Å². The summed E-state index contributed by atoms with van der Waals surface area (Å²) in [6.07, 6.45) is 1.71. The van der Waals surface area contributed by atoms with Crippen LogP contribution in [0.2, 0.25) is 5.02 Å². The summed E-state index contributed by atoms with van der Waals surface area (Å²) in [5.41, 5.74) is 12.4. The molecule has 8 bridgehead atoms. The van der Waals surface area contributed by atoms with Gasteiger partial charge in [0.05, 0.1) is 16.4 Å². The highest BCUT2D eigenvalue weighted by molar-refractivity contribution is 6.32. The first kappa shape index (κ1) is 45.4. The molecule has 9 aromatic rings. The summed E-state index contributed by atoms with van der Waals surface area (Å²) in [5, 5.41) is 38.5. The summed E-state index contributed by atoms with van der Waals surface area (Å²) in [4.78, 5) is 0. The molecule has 10 nitrogen and oxygen atoms in total. The number of nitrogens with one attached hydrogen (secondary N) is 1. The minimum absolute atomic E-state index is 0.150. The van der Waals surface area contributed by atoms with Gasteiger partial charge in [-0.3, -0.25) is 5.10 Å². The second kappa shape index (κ2) is 21.3. The summed E-state index contributed by atoms with van der Waals surface area (Å²) in [5.74, 6) is 2.72.